The van der Waals surface area contributed by atoms with E-state index < -0.39 is 0 Å². The molecule has 1 heterocycles. The molecule has 1 aliphatic carbocycles. The fraction of sp³-hybridized carbons (Fsp3) is 0.857. The van der Waals surface area contributed by atoms with Crippen molar-refractivity contribution in [3.8, 4) is 0 Å². The van der Waals surface area contributed by atoms with Gasteiger partial charge in [-0.05, 0) is 18.8 Å². The van der Waals surface area contributed by atoms with E-state index in [0.29, 0.717) is 12.3 Å². The van der Waals surface area contributed by atoms with Crippen molar-refractivity contribution in [2.45, 2.75) is 69.8 Å². The highest BCUT2D eigenvalue weighted by Gasteiger charge is 2.20. The molecule has 1 saturated carbocycles. The SMILES string of the molecule is CCCn1c(CN)nnc1SCC(O)CC1CCCC1. The van der Waals surface area contributed by atoms with Gasteiger partial charge in [0.25, 0.3) is 0 Å². The minimum Gasteiger partial charge on any atom is -0.392 e. The molecule has 5 nitrogen and oxygen atoms in total. The van der Waals surface area contributed by atoms with Gasteiger partial charge in [-0.1, -0.05) is 44.4 Å². The normalized spacial score (nSPS) is 17.8. The molecular weight excluding hydrogens is 272 g/mol. The number of hydrogen-bond acceptors (Lipinski definition) is 5. The number of nitrogens with zero attached hydrogens (tertiary/aromatic N) is 3. The molecule has 114 valence electrons. The Morgan fingerprint density at radius 3 is 2.80 bits per heavy atom. The lowest BCUT2D eigenvalue weighted by Gasteiger charge is -2.15. The van der Waals surface area contributed by atoms with Crippen LogP contribution in [0.1, 0.15) is 51.3 Å². The van der Waals surface area contributed by atoms with Crippen molar-refractivity contribution in [1.29, 1.82) is 0 Å². The van der Waals surface area contributed by atoms with Gasteiger partial charge in [0.15, 0.2) is 5.16 Å². The molecule has 0 saturated heterocycles. The number of aliphatic hydroxyl groups excluding tert-OH is 1. The summed E-state index contributed by atoms with van der Waals surface area (Å²) in [5.74, 6) is 2.25. The first kappa shape index (κ1) is 15.8. The highest BCUT2D eigenvalue weighted by atomic mass is 32.2. The summed E-state index contributed by atoms with van der Waals surface area (Å²) < 4.78 is 2.08. The maximum absolute atomic E-state index is 10.2. The van der Waals surface area contributed by atoms with E-state index in [1.165, 1.54) is 25.7 Å². The van der Waals surface area contributed by atoms with Crippen LogP contribution in [0.5, 0.6) is 0 Å². The predicted molar refractivity (Wildman–Crippen MR) is 81.5 cm³/mol. The van der Waals surface area contributed by atoms with Gasteiger partial charge in [-0.25, -0.2) is 0 Å². The summed E-state index contributed by atoms with van der Waals surface area (Å²) in [6.07, 6.45) is 6.94. The zero-order chi connectivity index (χ0) is 14.4. The second kappa shape index (κ2) is 8.00. The van der Waals surface area contributed by atoms with Gasteiger partial charge in [-0.3, -0.25) is 0 Å². The van der Waals surface area contributed by atoms with Gasteiger partial charge >= 0.3 is 0 Å². The van der Waals surface area contributed by atoms with E-state index in [1.807, 2.05) is 0 Å². The smallest absolute Gasteiger partial charge is 0.191 e. The summed E-state index contributed by atoms with van der Waals surface area (Å²) in [5.41, 5.74) is 5.68. The van der Waals surface area contributed by atoms with Crippen LogP contribution in [-0.4, -0.2) is 31.7 Å². The van der Waals surface area contributed by atoms with E-state index in [4.69, 9.17) is 5.73 Å². The van der Waals surface area contributed by atoms with Crippen molar-refractivity contribution < 1.29 is 5.11 Å². The molecule has 1 aromatic heterocycles. The molecule has 0 bridgehead atoms. The monoisotopic (exact) mass is 298 g/mol. The largest absolute Gasteiger partial charge is 0.392 e. The molecular formula is C14H26N4OS. The third kappa shape index (κ3) is 4.20. The number of hydrogen-bond donors (Lipinski definition) is 2. The Hall–Kier alpha value is -0.590. The van der Waals surface area contributed by atoms with Crippen LogP contribution < -0.4 is 5.73 Å². The molecule has 1 aliphatic rings. The first-order valence-corrected chi connectivity index (χ1v) is 8.66. The second-order valence-corrected chi connectivity index (χ2v) is 6.59. The lowest BCUT2D eigenvalue weighted by molar-refractivity contribution is 0.165. The Morgan fingerprint density at radius 2 is 2.15 bits per heavy atom. The lowest BCUT2D eigenvalue weighted by Crippen LogP contribution is -2.15. The standard InChI is InChI=1S/C14H26N4OS/c1-2-7-18-13(9-15)16-17-14(18)20-10-12(19)8-11-5-3-4-6-11/h11-12,19H,2-10,15H2,1H3. The van der Waals surface area contributed by atoms with Crippen LogP contribution in [0.4, 0.5) is 0 Å². The van der Waals surface area contributed by atoms with Crippen molar-refractivity contribution in [1.82, 2.24) is 14.8 Å². The van der Waals surface area contributed by atoms with Crippen LogP contribution in [0.2, 0.25) is 0 Å². The summed E-state index contributed by atoms with van der Waals surface area (Å²) in [5, 5.41) is 19.4. The predicted octanol–water partition coefficient (Wildman–Crippen LogP) is 2.18. The van der Waals surface area contributed by atoms with Crippen molar-refractivity contribution in [2.75, 3.05) is 5.75 Å². The molecule has 1 atom stereocenters. The summed E-state index contributed by atoms with van der Waals surface area (Å²) in [6.45, 7) is 3.43. The van der Waals surface area contributed by atoms with Gasteiger partial charge in [0.1, 0.15) is 5.82 Å². The molecule has 3 N–H and O–H groups in total. The summed E-state index contributed by atoms with van der Waals surface area (Å²) in [4.78, 5) is 0. The average molecular weight is 298 g/mol. The van der Waals surface area contributed by atoms with E-state index >= 15 is 0 Å². The van der Waals surface area contributed by atoms with Gasteiger partial charge in [0, 0.05) is 12.3 Å². The van der Waals surface area contributed by atoms with Gasteiger partial charge in [0.2, 0.25) is 0 Å². The maximum atomic E-state index is 10.2. The molecule has 0 amide bonds. The van der Waals surface area contributed by atoms with Gasteiger partial charge in [0.05, 0.1) is 12.6 Å². The van der Waals surface area contributed by atoms with E-state index in [0.717, 1.165) is 36.3 Å². The van der Waals surface area contributed by atoms with Crippen LogP contribution in [0, 0.1) is 5.92 Å². The highest BCUT2D eigenvalue weighted by molar-refractivity contribution is 7.99. The Morgan fingerprint density at radius 1 is 1.40 bits per heavy atom. The van der Waals surface area contributed by atoms with Crippen LogP contribution in [0.3, 0.4) is 0 Å². The Balaban J connectivity index is 1.84. The first-order valence-electron chi connectivity index (χ1n) is 7.67. The van der Waals surface area contributed by atoms with Crippen LogP contribution >= 0.6 is 11.8 Å². The minimum atomic E-state index is -0.240. The third-order valence-corrected chi connectivity index (χ3v) is 5.02. The topological polar surface area (TPSA) is 77.0 Å². The van der Waals surface area contributed by atoms with Crippen molar-refractivity contribution in [3.05, 3.63) is 5.82 Å². The molecule has 6 heteroatoms. The van der Waals surface area contributed by atoms with E-state index in [-0.39, 0.29) is 6.10 Å². The van der Waals surface area contributed by atoms with Gasteiger partial charge in [-0.2, -0.15) is 0 Å². The Kier molecular flexibility index (Phi) is 6.32. The molecule has 1 unspecified atom stereocenters. The fourth-order valence-corrected chi connectivity index (χ4v) is 3.82. The number of rotatable bonds is 8. The number of aromatic nitrogens is 3. The quantitative estimate of drug-likeness (QED) is 0.719. The van der Waals surface area contributed by atoms with Crippen molar-refractivity contribution >= 4 is 11.8 Å². The Bertz CT molecular complexity index is 404. The number of thioether (sulfide) groups is 1. The molecule has 0 aliphatic heterocycles. The number of aliphatic hydroxyl groups is 1. The fourth-order valence-electron chi connectivity index (χ4n) is 2.89. The van der Waals surface area contributed by atoms with Crippen molar-refractivity contribution in [2.24, 2.45) is 11.7 Å². The minimum absolute atomic E-state index is 0.240. The zero-order valence-electron chi connectivity index (χ0n) is 12.3. The lowest BCUT2D eigenvalue weighted by atomic mass is 10.0. The van der Waals surface area contributed by atoms with E-state index in [9.17, 15) is 5.11 Å². The molecule has 0 aromatic carbocycles. The molecule has 0 spiro atoms. The maximum Gasteiger partial charge on any atom is 0.191 e. The average Bonchev–Trinajstić information content (AvgIpc) is 3.07. The molecule has 2 rings (SSSR count). The van der Waals surface area contributed by atoms with Crippen molar-refractivity contribution in [3.63, 3.8) is 0 Å². The van der Waals surface area contributed by atoms with Gasteiger partial charge < -0.3 is 15.4 Å². The highest BCUT2D eigenvalue weighted by Crippen LogP contribution is 2.30. The molecule has 20 heavy (non-hydrogen) atoms. The van der Waals surface area contributed by atoms with Crippen LogP contribution in [0.25, 0.3) is 0 Å². The summed E-state index contributed by atoms with van der Waals surface area (Å²) >= 11 is 1.60. The zero-order valence-corrected chi connectivity index (χ0v) is 13.1. The first-order chi connectivity index (χ1) is 9.74. The Labute approximate surface area is 125 Å². The molecule has 1 aromatic rings. The van der Waals surface area contributed by atoms with Crippen LogP contribution in [0.15, 0.2) is 5.16 Å². The van der Waals surface area contributed by atoms with E-state index in [1.54, 1.807) is 11.8 Å². The third-order valence-electron chi connectivity index (χ3n) is 3.91. The molecule has 0 radical (unpaired) electrons. The van der Waals surface area contributed by atoms with E-state index in [2.05, 4.69) is 21.7 Å². The van der Waals surface area contributed by atoms with Gasteiger partial charge in [-0.15, -0.1) is 10.2 Å². The van der Waals surface area contributed by atoms with Crippen LogP contribution in [-0.2, 0) is 13.1 Å². The molecule has 1 fully saturated rings. The summed E-state index contributed by atoms with van der Waals surface area (Å²) in [7, 11) is 0. The second-order valence-electron chi connectivity index (χ2n) is 5.61. The number of nitrogens with two attached hydrogens (primary N) is 1. The summed E-state index contributed by atoms with van der Waals surface area (Å²) in [6, 6.07) is 0.